The van der Waals surface area contributed by atoms with Crippen LogP contribution in [-0.2, 0) is 24.8 Å². The minimum absolute atomic E-state index is 0.533. The van der Waals surface area contributed by atoms with Crippen molar-refractivity contribution in [1.29, 1.82) is 0 Å². The molecule has 4 rings (SSSR count). The summed E-state index contributed by atoms with van der Waals surface area (Å²) in [7, 11) is 6.01. The molecule has 0 bridgehead atoms. The van der Waals surface area contributed by atoms with Gasteiger partial charge in [-0.05, 0) is 6.42 Å². The van der Waals surface area contributed by atoms with E-state index in [4.69, 9.17) is 14.7 Å². The number of aryl methyl sites for hydroxylation is 1. The van der Waals surface area contributed by atoms with Gasteiger partial charge >= 0.3 is 0 Å². The third-order valence-electron chi connectivity index (χ3n) is 4.88. The van der Waals surface area contributed by atoms with Crippen molar-refractivity contribution in [2.24, 2.45) is 7.05 Å². The molecule has 24 heavy (non-hydrogen) atoms. The van der Waals surface area contributed by atoms with Crippen molar-refractivity contribution in [3.8, 4) is 11.4 Å². The van der Waals surface area contributed by atoms with Crippen LogP contribution >= 0.6 is 0 Å². The minimum Gasteiger partial charge on any atom is -0.380 e. The third kappa shape index (κ3) is 2.78. The fourth-order valence-electron chi connectivity index (χ4n) is 3.58. The average molecular weight is 328 g/mol. The SMILES string of the molecule is CN(C)c1nc(-c2cnn(C)c2)nc2c1CN(C1CCOC1)CC2. The van der Waals surface area contributed by atoms with Crippen molar-refractivity contribution >= 4 is 5.82 Å². The Morgan fingerprint density at radius 2 is 2.17 bits per heavy atom. The van der Waals surface area contributed by atoms with Crippen molar-refractivity contribution in [3.05, 3.63) is 23.7 Å². The van der Waals surface area contributed by atoms with E-state index in [1.54, 1.807) is 4.68 Å². The van der Waals surface area contributed by atoms with E-state index in [9.17, 15) is 0 Å². The van der Waals surface area contributed by atoms with Gasteiger partial charge in [-0.1, -0.05) is 0 Å². The molecule has 2 aliphatic heterocycles. The lowest BCUT2D eigenvalue weighted by Gasteiger charge is -2.34. The van der Waals surface area contributed by atoms with Crippen LogP contribution in [0.15, 0.2) is 12.4 Å². The summed E-state index contributed by atoms with van der Waals surface area (Å²) >= 11 is 0. The van der Waals surface area contributed by atoms with E-state index in [1.807, 2.05) is 33.5 Å². The van der Waals surface area contributed by atoms with Crippen LogP contribution < -0.4 is 4.90 Å². The summed E-state index contributed by atoms with van der Waals surface area (Å²) in [6, 6.07) is 0.533. The molecule has 0 N–H and O–H groups in total. The Balaban J connectivity index is 1.70. The quantitative estimate of drug-likeness (QED) is 0.841. The van der Waals surface area contributed by atoms with Gasteiger partial charge in [0, 0.05) is 65.1 Å². The summed E-state index contributed by atoms with van der Waals surface area (Å²) in [5.74, 6) is 1.78. The largest absolute Gasteiger partial charge is 0.380 e. The van der Waals surface area contributed by atoms with Gasteiger partial charge in [-0.25, -0.2) is 9.97 Å². The van der Waals surface area contributed by atoms with Crippen LogP contribution in [0.4, 0.5) is 5.82 Å². The zero-order chi connectivity index (χ0) is 16.7. The highest BCUT2D eigenvalue weighted by atomic mass is 16.5. The monoisotopic (exact) mass is 328 g/mol. The molecule has 2 aromatic heterocycles. The van der Waals surface area contributed by atoms with E-state index in [1.165, 1.54) is 11.3 Å². The van der Waals surface area contributed by atoms with Crippen molar-refractivity contribution in [2.75, 3.05) is 38.8 Å². The van der Waals surface area contributed by atoms with E-state index >= 15 is 0 Å². The Labute approximate surface area is 142 Å². The van der Waals surface area contributed by atoms with Gasteiger partial charge in [0.15, 0.2) is 5.82 Å². The van der Waals surface area contributed by atoms with Crippen LogP contribution in [-0.4, -0.2) is 64.5 Å². The number of anilines is 1. The molecule has 7 nitrogen and oxygen atoms in total. The van der Waals surface area contributed by atoms with E-state index in [-0.39, 0.29) is 0 Å². The van der Waals surface area contributed by atoms with Crippen LogP contribution in [0.5, 0.6) is 0 Å². The van der Waals surface area contributed by atoms with Crippen molar-refractivity contribution in [2.45, 2.75) is 25.4 Å². The molecule has 0 radical (unpaired) electrons. The second-order valence-corrected chi connectivity index (χ2v) is 6.83. The van der Waals surface area contributed by atoms with Gasteiger partial charge in [-0.2, -0.15) is 5.10 Å². The van der Waals surface area contributed by atoms with Gasteiger partial charge in [-0.15, -0.1) is 0 Å². The summed E-state index contributed by atoms with van der Waals surface area (Å²) < 4.78 is 7.35. The standard InChI is InChI=1S/C17H24N6O/c1-21(2)17-14-10-23(13-5-7-24-11-13)6-4-15(14)19-16(20-17)12-8-18-22(3)9-12/h8-9,13H,4-7,10-11H2,1-3H3. The Bertz CT molecular complexity index is 735. The summed E-state index contributed by atoms with van der Waals surface area (Å²) in [5, 5.41) is 4.24. The second kappa shape index (κ2) is 6.14. The number of nitrogens with zero attached hydrogens (tertiary/aromatic N) is 6. The van der Waals surface area contributed by atoms with Gasteiger partial charge in [0.25, 0.3) is 0 Å². The first-order valence-electron chi connectivity index (χ1n) is 8.50. The lowest BCUT2D eigenvalue weighted by molar-refractivity contribution is 0.134. The van der Waals surface area contributed by atoms with Gasteiger partial charge in [0.1, 0.15) is 5.82 Å². The van der Waals surface area contributed by atoms with Crippen LogP contribution in [0.25, 0.3) is 11.4 Å². The number of hydrogen-bond acceptors (Lipinski definition) is 6. The smallest absolute Gasteiger partial charge is 0.164 e. The first-order valence-corrected chi connectivity index (χ1v) is 8.50. The predicted octanol–water partition coefficient (Wildman–Crippen LogP) is 1.09. The number of rotatable bonds is 3. The van der Waals surface area contributed by atoms with E-state index < -0.39 is 0 Å². The summed E-state index contributed by atoms with van der Waals surface area (Å²) in [4.78, 5) is 14.3. The van der Waals surface area contributed by atoms with Gasteiger partial charge in [0.05, 0.1) is 24.1 Å². The van der Waals surface area contributed by atoms with Gasteiger partial charge in [0.2, 0.25) is 0 Å². The molecule has 1 unspecified atom stereocenters. The summed E-state index contributed by atoms with van der Waals surface area (Å²) in [6.45, 7) is 3.67. The van der Waals surface area contributed by atoms with E-state index in [0.29, 0.717) is 6.04 Å². The number of fused-ring (bicyclic) bond motifs is 1. The molecule has 0 amide bonds. The van der Waals surface area contributed by atoms with Crippen molar-refractivity contribution < 1.29 is 4.74 Å². The van der Waals surface area contributed by atoms with Crippen LogP contribution in [0.2, 0.25) is 0 Å². The van der Waals surface area contributed by atoms with Gasteiger partial charge in [-0.3, -0.25) is 9.58 Å². The second-order valence-electron chi connectivity index (χ2n) is 6.83. The Kier molecular flexibility index (Phi) is 3.97. The first kappa shape index (κ1) is 15.5. The zero-order valence-corrected chi connectivity index (χ0v) is 14.6. The molecular weight excluding hydrogens is 304 g/mol. The number of ether oxygens (including phenoxy) is 1. The maximum atomic E-state index is 5.56. The molecule has 0 saturated carbocycles. The molecule has 1 atom stereocenters. The molecule has 2 aliphatic rings. The molecule has 1 saturated heterocycles. The van der Waals surface area contributed by atoms with Crippen LogP contribution in [0.1, 0.15) is 17.7 Å². The molecule has 4 heterocycles. The molecule has 128 valence electrons. The van der Waals surface area contributed by atoms with Gasteiger partial charge < -0.3 is 9.64 Å². The highest BCUT2D eigenvalue weighted by Crippen LogP contribution is 2.30. The number of hydrogen-bond donors (Lipinski definition) is 0. The van der Waals surface area contributed by atoms with Crippen LogP contribution in [0.3, 0.4) is 0 Å². The Morgan fingerprint density at radius 1 is 1.29 bits per heavy atom. The molecule has 0 aromatic carbocycles. The molecule has 7 heteroatoms. The lowest BCUT2D eigenvalue weighted by atomic mass is 10.0. The molecule has 1 fully saturated rings. The van der Waals surface area contributed by atoms with Crippen molar-refractivity contribution in [1.82, 2.24) is 24.6 Å². The molecule has 0 spiro atoms. The van der Waals surface area contributed by atoms with E-state index in [0.717, 1.165) is 56.4 Å². The van der Waals surface area contributed by atoms with E-state index in [2.05, 4.69) is 14.9 Å². The fourth-order valence-corrected chi connectivity index (χ4v) is 3.58. The summed E-state index contributed by atoms with van der Waals surface area (Å²) in [6.07, 6.45) is 5.88. The third-order valence-corrected chi connectivity index (χ3v) is 4.88. The Morgan fingerprint density at radius 3 is 2.83 bits per heavy atom. The van der Waals surface area contributed by atoms with Crippen LogP contribution in [0, 0.1) is 0 Å². The van der Waals surface area contributed by atoms with Crippen molar-refractivity contribution in [3.63, 3.8) is 0 Å². The normalized spacial score (nSPS) is 21.0. The Hall–Kier alpha value is -1.99. The highest BCUT2D eigenvalue weighted by Gasteiger charge is 2.30. The maximum absolute atomic E-state index is 5.56. The minimum atomic E-state index is 0.533. The lowest BCUT2D eigenvalue weighted by Crippen LogP contribution is -2.40. The zero-order valence-electron chi connectivity index (χ0n) is 14.6. The average Bonchev–Trinajstić information content (AvgIpc) is 3.24. The highest BCUT2D eigenvalue weighted by molar-refractivity contribution is 5.59. The number of aromatic nitrogens is 4. The molecule has 2 aromatic rings. The first-order chi connectivity index (χ1) is 11.6. The topological polar surface area (TPSA) is 59.3 Å². The fraction of sp³-hybridized carbons (Fsp3) is 0.588. The molecular formula is C17H24N6O. The summed E-state index contributed by atoms with van der Waals surface area (Å²) in [5.41, 5.74) is 3.39. The molecule has 0 aliphatic carbocycles. The maximum Gasteiger partial charge on any atom is 0.164 e. The predicted molar refractivity (Wildman–Crippen MR) is 91.9 cm³/mol.